The summed E-state index contributed by atoms with van der Waals surface area (Å²) in [6.07, 6.45) is 41.5. The minimum absolute atomic E-state index is 0.0781. The zero-order chi connectivity index (χ0) is 37.7. The molecule has 0 aromatic carbocycles. The second kappa shape index (κ2) is 35.5. The molecule has 1 N–H and O–H groups in total. The van der Waals surface area contributed by atoms with Crippen molar-refractivity contribution in [2.24, 2.45) is 0 Å². The van der Waals surface area contributed by atoms with Gasteiger partial charge in [0.15, 0.2) is 0 Å². The number of rotatable bonds is 37. The number of likely N-dealkylation sites (N-methyl/N-ethyl adjacent to an activating group) is 1. The van der Waals surface area contributed by atoms with Crippen LogP contribution in [0.2, 0.25) is 0 Å². The Kier molecular flexibility index (Phi) is 34.4. The first-order chi connectivity index (χ1) is 24.6. The number of hydrogen-bond acceptors (Lipinski definition) is 6. The van der Waals surface area contributed by atoms with Crippen molar-refractivity contribution in [1.82, 2.24) is 0 Å². The first kappa shape index (κ1) is 49.5. The summed E-state index contributed by atoms with van der Waals surface area (Å²) in [4.78, 5) is 22.8. The Morgan fingerprint density at radius 1 is 0.627 bits per heavy atom. The molecule has 9 heteroatoms. The van der Waals surface area contributed by atoms with Crippen LogP contribution in [0.1, 0.15) is 155 Å². The molecule has 0 saturated heterocycles. The second-order valence-corrected chi connectivity index (χ2v) is 16.1. The summed E-state index contributed by atoms with van der Waals surface area (Å²) < 4.78 is 34.8. The second-order valence-electron chi connectivity index (χ2n) is 14.6. The Morgan fingerprint density at radius 2 is 1.12 bits per heavy atom. The molecular formula is C42H79NO7P+. The Bertz CT molecular complexity index is 957. The third-order valence-corrected chi connectivity index (χ3v) is 9.39. The van der Waals surface area contributed by atoms with Crippen molar-refractivity contribution in [3.05, 3.63) is 48.6 Å². The fraction of sp³-hybridized carbons (Fsp3) is 0.786. The van der Waals surface area contributed by atoms with E-state index in [4.69, 9.17) is 18.5 Å². The normalized spacial score (nSPS) is 14.4. The van der Waals surface area contributed by atoms with E-state index in [1.807, 2.05) is 21.1 Å². The molecule has 2 atom stereocenters. The summed E-state index contributed by atoms with van der Waals surface area (Å²) in [5.41, 5.74) is 0. The third-order valence-electron chi connectivity index (χ3n) is 8.40. The molecule has 0 aliphatic rings. The standard InChI is InChI=1S/C42H78NO7P/c1-6-8-10-12-14-16-18-20-22-23-25-27-29-31-33-35-42(44)50-41(40-49-51(45,46)48-38-36-43(3,4)5)39-47-37-34-32-30-28-26-24-21-19-17-15-13-11-9-7-2/h9,11,15,17,21,24,28,30,41H,6-8,10,12-14,16,18-20,22-23,25-27,29,31-40H2,1-5H3/p+1/b11-9-,17-15-,24-21-,30-28-. The van der Waals surface area contributed by atoms with Gasteiger partial charge in [0, 0.05) is 13.0 Å². The van der Waals surface area contributed by atoms with Crippen LogP contribution in [0.25, 0.3) is 0 Å². The number of ether oxygens (including phenoxy) is 2. The number of hydrogen-bond donors (Lipinski definition) is 1. The molecule has 0 bridgehead atoms. The van der Waals surface area contributed by atoms with Crippen LogP contribution in [0, 0.1) is 0 Å². The van der Waals surface area contributed by atoms with Crippen LogP contribution in [-0.4, -0.2) is 75.6 Å². The Balaban J connectivity index is 4.35. The SMILES string of the molecule is CC/C=C\C/C=C\C/C=C\C/C=C\CCCOCC(COP(=O)(O)OCC[N+](C)(C)C)OC(=O)CCCCCCCCCCCCCCCCC. The molecule has 0 aliphatic heterocycles. The average molecular weight is 741 g/mol. The zero-order valence-corrected chi connectivity index (χ0v) is 34.5. The molecule has 0 saturated carbocycles. The van der Waals surface area contributed by atoms with Crippen molar-refractivity contribution in [3.63, 3.8) is 0 Å². The lowest BCUT2D eigenvalue weighted by atomic mass is 10.0. The van der Waals surface area contributed by atoms with Crippen LogP contribution in [0.4, 0.5) is 0 Å². The number of carbonyl (C=O) groups excluding carboxylic acids is 1. The maximum Gasteiger partial charge on any atom is 0.472 e. The highest BCUT2D eigenvalue weighted by atomic mass is 31.2. The van der Waals surface area contributed by atoms with E-state index in [9.17, 15) is 14.3 Å². The van der Waals surface area contributed by atoms with Gasteiger partial charge in [0.25, 0.3) is 0 Å². The van der Waals surface area contributed by atoms with E-state index in [0.29, 0.717) is 24.1 Å². The molecule has 298 valence electrons. The van der Waals surface area contributed by atoms with Crippen molar-refractivity contribution >= 4 is 13.8 Å². The third kappa shape index (κ3) is 39.5. The number of esters is 1. The molecule has 0 spiro atoms. The van der Waals surface area contributed by atoms with E-state index in [-0.39, 0.29) is 25.8 Å². The minimum Gasteiger partial charge on any atom is -0.457 e. The maximum atomic E-state index is 12.6. The largest absolute Gasteiger partial charge is 0.472 e. The first-order valence-corrected chi connectivity index (χ1v) is 21.9. The van der Waals surface area contributed by atoms with Crippen LogP contribution >= 0.6 is 7.82 Å². The van der Waals surface area contributed by atoms with E-state index in [2.05, 4.69) is 62.5 Å². The molecule has 0 rings (SSSR count). The number of phosphoric acid groups is 1. The van der Waals surface area contributed by atoms with Crippen molar-refractivity contribution in [2.45, 2.75) is 161 Å². The van der Waals surface area contributed by atoms with Crippen molar-refractivity contribution in [3.8, 4) is 0 Å². The number of nitrogens with zero attached hydrogens (tertiary/aromatic N) is 1. The first-order valence-electron chi connectivity index (χ1n) is 20.4. The van der Waals surface area contributed by atoms with Gasteiger partial charge in [-0.2, -0.15) is 0 Å². The summed E-state index contributed by atoms with van der Waals surface area (Å²) in [7, 11) is 1.63. The maximum absolute atomic E-state index is 12.6. The predicted molar refractivity (Wildman–Crippen MR) is 215 cm³/mol. The molecule has 0 amide bonds. The lowest BCUT2D eigenvalue weighted by molar-refractivity contribution is -0.870. The van der Waals surface area contributed by atoms with Gasteiger partial charge in [0.2, 0.25) is 0 Å². The predicted octanol–water partition coefficient (Wildman–Crippen LogP) is 11.6. The molecular weight excluding hydrogens is 661 g/mol. The quantitative estimate of drug-likeness (QED) is 0.0223. The monoisotopic (exact) mass is 741 g/mol. The van der Waals surface area contributed by atoms with E-state index in [1.165, 1.54) is 77.0 Å². The van der Waals surface area contributed by atoms with Crippen LogP contribution in [0.3, 0.4) is 0 Å². The summed E-state index contributed by atoms with van der Waals surface area (Å²) in [5.74, 6) is -0.333. The number of phosphoric ester groups is 1. The van der Waals surface area contributed by atoms with E-state index in [1.54, 1.807) is 0 Å². The van der Waals surface area contributed by atoms with Crippen molar-refractivity contribution in [2.75, 3.05) is 54.1 Å². The fourth-order valence-electron chi connectivity index (χ4n) is 5.26. The summed E-state index contributed by atoms with van der Waals surface area (Å²) in [6.45, 7) is 5.35. The number of carbonyl (C=O) groups is 1. The summed E-state index contributed by atoms with van der Waals surface area (Å²) in [5, 5.41) is 0. The van der Waals surface area contributed by atoms with Crippen LogP contribution in [0.15, 0.2) is 48.6 Å². The van der Waals surface area contributed by atoms with Gasteiger partial charge in [-0.3, -0.25) is 13.8 Å². The highest BCUT2D eigenvalue weighted by Gasteiger charge is 2.26. The Morgan fingerprint density at radius 3 is 1.63 bits per heavy atom. The van der Waals surface area contributed by atoms with Crippen molar-refractivity contribution in [1.29, 1.82) is 0 Å². The molecule has 0 radical (unpaired) electrons. The fourth-order valence-corrected chi connectivity index (χ4v) is 6.00. The minimum atomic E-state index is -4.28. The van der Waals surface area contributed by atoms with Gasteiger partial charge in [-0.15, -0.1) is 0 Å². The van der Waals surface area contributed by atoms with Gasteiger partial charge >= 0.3 is 13.8 Å². The molecule has 51 heavy (non-hydrogen) atoms. The lowest BCUT2D eigenvalue weighted by Gasteiger charge is -2.24. The van der Waals surface area contributed by atoms with E-state index < -0.39 is 13.9 Å². The van der Waals surface area contributed by atoms with Crippen LogP contribution < -0.4 is 0 Å². The van der Waals surface area contributed by atoms with Gasteiger partial charge < -0.3 is 18.9 Å². The number of unbranched alkanes of at least 4 members (excludes halogenated alkanes) is 15. The Hall–Kier alpha value is -1.54. The summed E-state index contributed by atoms with van der Waals surface area (Å²) in [6, 6.07) is 0. The smallest absolute Gasteiger partial charge is 0.457 e. The van der Waals surface area contributed by atoms with Gasteiger partial charge in [-0.25, -0.2) is 4.57 Å². The van der Waals surface area contributed by atoms with Gasteiger partial charge in [-0.05, 0) is 44.9 Å². The van der Waals surface area contributed by atoms with Gasteiger partial charge in [0.05, 0.1) is 34.4 Å². The van der Waals surface area contributed by atoms with Gasteiger partial charge in [-0.1, -0.05) is 152 Å². The molecule has 8 nitrogen and oxygen atoms in total. The Labute approximate surface area is 314 Å². The van der Waals surface area contributed by atoms with E-state index in [0.717, 1.165) is 57.8 Å². The molecule has 0 aliphatic carbocycles. The molecule has 0 heterocycles. The molecule has 2 unspecified atom stereocenters. The topological polar surface area (TPSA) is 91.3 Å². The molecule has 0 aromatic heterocycles. The van der Waals surface area contributed by atoms with Gasteiger partial charge in [0.1, 0.15) is 19.3 Å². The highest BCUT2D eigenvalue weighted by Crippen LogP contribution is 2.43. The summed E-state index contributed by atoms with van der Waals surface area (Å²) >= 11 is 0. The molecule has 0 fully saturated rings. The lowest BCUT2D eigenvalue weighted by Crippen LogP contribution is -2.37. The number of quaternary nitrogens is 1. The zero-order valence-electron chi connectivity index (χ0n) is 33.6. The van der Waals surface area contributed by atoms with Crippen LogP contribution in [0.5, 0.6) is 0 Å². The average Bonchev–Trinajstić information content (AvgIpc) is 3.08. The van der Waals surface area contributed by atoms with E-state index >= 15 is 0 Å². The van der Waals surface area contributed by atoms with Crippen LogP contribution in [-0.2, 0) is 27.9 Å². The van der Waals surface area contributed by atoms with Crippen molar-refractivity contribution < 1.29 is 37.3 Å². The molecule has 0 aromatic rings. The highest BCUT2D eigenvalue weighted by molar-refractivity contribution is 7.47. The number of allylic oxidation sites excluding steroid dienone is 8.